The van der Waals surface area contributed by atoms with Crippen LogP contribution < -0.4 is 10.0 Å². The molecular formula is C24H18BrN3O4S. The summed E-state index contributed by atoms with van der Waals surface area (Å²) in [6.07, 6.45) is 0. The molecule has 0 aliphatic carbocycles. The standard InChI is InChI=1S/C24H18BrN3O4S/c1-15(29)28-33(31,32)19-11-9-18(10-12-19)26-24(30)21-14-23(16-5-4-6-17(25)13-16)27-22-8-3-2-7-20(21)22/h2-14H,1H3,(H,26,30)(H,28,29). The molecule has 1 aromatic heterocycles. The van der Waals surface area contributed by atoms with E-state index in [0.717, 1.165) is 17.0 Å². The quantitative estimate of drug-likeness (QED) is 0.393. The average molecular weight is 524 g/mol. The highest BCUT2D eigenvalue weighted by molar-refractivity contribution is 9.10. The van der Waals surface area contributed by atoms with Crippen LogP contribution >= 0.6 is 15.9 Å². The van der Waals surface area contributed by atoms with Crippen LogP contribution in [0.2, 0.25) is 0 Å². The number of carbonyl (C=O) groups is 2. The molecule has 0 saturated heterocycles. The third-order valence-corrected chi connectivity index (χ3v) is 6.72. The minimum atomic E-state index is -3.95. The molecule has 0 radical (unpaired) electrons. The molecule has 0 atom stereocenters. The molecule has 166 valence electrons. The van der Waals surface area contributed by atoms with Gasteiger partial charge in [0, 0.05) is 28.0 Å². The first-order chi connectivity index (χ1) is 15.7. The van der Waals surface area contributed by atoms with Crippen molar-refractivity contribution in [3.63, 3.8) is 0 Å². The second-order valence-electron chi connectivity index (χ2n) is 7.22. The van der Waals surface area contributed by atoms with E-state index in [0.29, 0.717) is 27.8 Å². The van der Waals surface area contributed by atoms with Crippen LogP contribution in [0.4, 0.5) is 5.69 Å². The molecule has 0 aliphatic rings. The molecule has 7 nitrogen and oxygen atoms in total. The third-order valence-electron chi connectivity index (χ3n) is 4.78. The summed E-state index contributed by atoms with van der Waals surface area (Å²) in [6.45, 7) is 1.12. The fourth-order valence-corrected chi connectivity index (χ4v) is 4.71. The smallest absolute Gasteiger partial charge is 0.264 e. The van der Waals surface area contributed by atoms with Gasteiger partial charge in [0.2, 0.25) is 5.91 Å². The SMILES string of the molecule is CC(=O)NS(=O)(=O)c1ccc(NC(=O)c2cc(-c3cccc(Br)c3)nc3ccccc23)cc1. The summed E-state index contributed by atoms with van der Waals surface area (Å²) in [6, 6.07) is 22.3. The molecule has 9 heteroatoms. The molecule has 33 heavy (non-hydrogen) atoms. The molecule has 0 unspecified atom stereocenters. The Morgan fingerprint density at radius 3 is 2.33 bits per heavy atom. The normalized spacial score (nSPS) is 11.2. The molecule has 0 aliphatic heterocycles. The monoisotopic (exact) mass is 523 g/mol. The summed E-state index contributed by atoms with van der Waals surface area (Å²) in [7, 11) is -3.95. The predicted octanol–water partition coefficient (Wildman–Crippen LogP) is 4.74. The van der Waals surface area contributed by atoms with Crippen molar-refractivity contribution >= 4 is 54.4 Å². The van der Waals surface area contributed by atoms with Crippen molar-refractivity contribution in [1.29, 1.82) is 0 Å². The van der Waals surface area contributed by atoms with E-state index >= 15 is 0 Å². The summed E-state index contributed by atoms with van der Waals surface area (Å²) >= 11 is 3.46. The Bertz CT molecular complexity index is 1490. The number of para-hydroxylation sites is 1. The number of nitrogens with one attached hydrogen (secondary N) is 2. The van der Waals surface area contributed by atoms with Gasteiger partial charge in [-0.3, -0.25) is 9.59 Å². The number of pyridine rings is 1. The van der Waals surface area contributed by atoms with Gasteiger partial charge in [-0.25, -0.2) is 18.1 Å². The Kier molecular flexibility index (Phi) is 6.26. The average Bonchev–Trinajstić information content (AvgIpc) is 2.78. The molecule has 1 heterocycles. The van der Waals surface area contributed by atoms with Crippen molar-refractivity contribution in [3.8, 4) is 11.3 Å². The van der Waals surface area contributed by atoms with E-state index in [1.807, 2.05) is 53.3 Å². The zero-order valence-electron chi connectivity index (χ0n) is 17.4. The number of nitrogens with zero attached hydrogens (tertiary/aromatic N) is 1. The fourth-order valence-electron chi connectivity index (χ4n) is 3.32. The van der Waals surface area contributed by atoms with E-state index in [-0.39, 0.29) is 10.8 Å². The van der Waals surface area contributed by atoms with Crippen LogP contribution in [0.15, 0.2) is 88.2 Å². The zero-order valence-corrected chi connectivity index (χ0v) is 19.8. The lowest BCUT2D eigenvalue weighted by molar-refractivity contribution is -0.117. The van der Waals surface area contributed by atoms with Crippen molar-refractivity contribution in [3.05, 3.63) is 88.9 Å². The second kappa shape index (κ2) is 9.13. The summed E-state index contributed by atoms with van der Waals surface area (Å²) in [5.74, 6) is -1.04. The van der Waals surface area contributed by atoms with E-state index in [1.54, 1.807) is 6.07 Å². The molecule has 4 rings (SSSR count). The van der Waals surface area contributed by atoms with E-state index in [2.05, 4.69) is 21.2 Å². The van der Waals surface area contributed by atoms with Crippen LogP contribution in [0.5, 0.6) is 0 Å². The number of amides is 2. The molecular weight excluding hydrogens is 506 g/mol. The van der Waals surface area contributed by atoms with Gasteiger partial charge in [0.05, 0.1) is 21.7 Å². The Morgan fingerprint density at radius 2 is 1.64 bits per heavy atom. The lowest BCUT2D eigenvalue weighted by Gasteiger charge is -2.11. The molecule has 2 amide bonds. The van der Waals surface area contributed by atoms with Gasteiger partial charge in [0.25, 0.3) is 15.9 Å². The maximum absolute atomic E-state index is 13.2. The van der Waals surface area contributed by atoms with E-state index in [4.69, 9.17) is 4.98 Å². The van der Waals surface area contributed by atoms with Gasteiger partial charge in [0.1, 0.15) is 0 Å². The van der Waals surface area contributed by atoms with Crippen LogP contribution in [-0.4, -0.2) is 25.2 Å². The van der Waals surface area contributed by atoms with Crippen LogP contribution in [0, 0.1) is 0 Å². The number of carbonyl (C=O) groups excluding carboxylic acids is 2. The molecule has 0 fully saturated rings. The lowest BCUT2D eigenvalue weighted by Crippen LogP contribution is -2.28. The Labute approximate surface area is 199 Å². The maximum Gasteiger partial charge on any atom is 0.264 e. The summed E-state index contributed by atoms with van der Waals surface area (Å²) in [5, 5.41) is 3.49. The highest BCUT2D eigenvalue weighted by Crippen LogP contribution is 2.27. The fraction of sp³-hybridized carbons (Fsp3) is 0.0417. The highest BCUT2D eigenvalue weighted by atomic mass is 79.9. The molecule has 0 bridgehead atoms. The van der Waals surface area contributed by atoms with Gasteiger partial charge >= 0.3 is 0 Å². The van der Waals surface area contributed by atoms with Gasteiger partial charge in [-0.05, 0) is 48.5 Å². The second-order valence-corrected chi connectivity index (χ2v) is 9.82. The number of aromatic nitrogens is 1. The van der Waals surface area contributed by atoms with Crippen LogP contribution in [0.25, 0.3) is 22.2 Å². The van der Waals surface area contributed by atoms with Crippen molar-refractivity contribution in [1.82, 2.24) is 9.71 Å². The highest BCUT2D eigenvalue weighted by Gasteiger charge is 2.17. The number of fused-ring (bicyclic) bond motifs is 1. The van der Waals surface area contributed by atoms with E-state index in [1.165, 1.54) is 24.3 Å². The summed E-state index contributed by atoms with van der Waals surface area (Å²) in [5.41, 5.74) is 3.03. The largest absolute Gasteiger partial charge is 0.322 e. The first-order valence-electron chi connectivity index (χ1n) is 9.83. The number of hydrogen-bond donors (Lipinski definition) is 2. The van der Waals surface area contributed by atoms with Gasteiger partial charge in [0.15, 0.2) is 0 Å². The van der Waals surface area contributed by atoms with Gasteiger partial charge in [-0.1, -0.05) is 46.3 Å². The zero-order chi connectivity index (χ0) is 23.6. The minimum Gasteiger partial charge on any atom is -0.322 e. The van der Waals surface area contributed by atoms with Crippen molar-refractivity contribution in [2.24, 2.45) is 0 Å². The molecule has 4 aromatic rings. The number of hydrogen-bond acceptors (Lipinski definition) is 5. The molecule has 0 saturated carbocycles. The lowest BCUT2D eigenvalue weighted by atomic mass is 10.0. The predicted molar refractivity (Wildman–Crippen MR) is 130 cm³/mol. The Morgan fingerprint density at radius 1 is 0.909 bits per heavy atom. The molecule has 2 N–H and O–H groups in total. The van der Waals surface area contributed by atoms with E-state index in [9.17, 15) is 18.0 Å². The number of benzene rings is 3. The number of rotatable bonds is 5. The molecule has 0 spiro atoms. The number of sulfonamides is 1. The van der Waals surface area contributed by atoms with Gasteiger partial charge in [-0.2, -0.15) is 0 Å². The van der Waals surface area contributed by atoms with Gasteiger partial charge < -0.3 is 5.32 Å². The number of anilines is 1. The first kappa shape index (κ1) is 22.6. The number of halogens is 1. The van der Waals surface area contributed by atoms with Crippen molar-refractivity contribution in [2.45, 2.75) is 11.8 Å². The van der Waals surface area contributed by atoms with Crippen LogP contribution in [0.3, 0.4) is 0 Å². The van der Waals surface area contributed by atoms with Gasteiger partial charge in [-0.15, -0.1) is 0 Å². The Hall–Kier alpha value is -3.56. The molecule has 3 aromatic carbocycles. The van der Waals surface area contributed by atoms with E-state index < -0.39 is 15.9 Å². The maximum atomic E-state index is 13.2. The Balaban J connectivity index is 1.68. The van der Waals surface area contributed by atoms with Crippen LogP contribution in [0.1, 0.15) is 17.3 Å². The van der Waals surface area contributed by atoms with Crippen LogP contribution in [-0.2, 0) is 14.8 Å². The topological polar surface area (TPSA) is 105 Å². The third kappa shape index (κ3) is 5.10. The summed E-state index contributed by atoms with van der Waals surface area (Å²) in [4.78, 5) is 28.9. The summed E-state index contributed by atoms with van der Waals surface area (Å²) < 4.78 is 27.0. The van der Waals surface area contributed by atoms with Crippen molar-refractivity contribution < 1.29 is 18.0 Å². The van der Waals surface area contributed by atoms with Crippen molar-refractivity contribution in [2.75, 3.05) is 5.32 Å². The first-order valence-corrected chi connectivity index (χ1v) is 12.1. The minimum absolute atomic E-state index is 0.0815.